The summed E-state index contributed by atoms with van der Waals surface area (Å²) >= 11 is 6.01. The van der Waals surface area contributed by atoms with Gasteiger partial charge >= 0.3 is 0 Å². The van der Waals surface area contributed by atoms with Crippen molar-refractivity contribution in [3.05, 3.63) is 22.8 Å². The van der Waals surface area contributed by atoms with Gasteiger partial charge in [0.2, 0.25) is 0 Å². The number of ether oxygens (including phenoxy) is 1. The number of nitrogens with one attached hydrogen (secondary N) is 2. The maximum absolute atomic E-state index is 12.1. The van der Waals surface area contributed by atoms with Gasteiger partial charge in [-0.2, -0.15) is 0 Å². The number of halogens is 1. The lowest BCUT2D eigenvalue weighted by atomic mass is 10.2. The van der Waals surface area contributed by atoms with E-state index in [0.29, 0.717) is 16.4 Å². The van der Waals surface area contributed by atoms with E-state index in [2.05, 4.69) is 15.6 Å². The molecule has 5 nitrogen and oxygen atoms in total. The van der Waals surface area contributed by atoms with Gasteiger partial charge in [0.05, 0.1) is 16.7 Å². The van der Waals surface area contributed by atoms with Crippen LogP contribution in [0.4, 0.5) is 5.82 Å². The van der Waals surface area contributed by atoms with Gasteiger partial charge in [-0.15, -0.1) is 0 Å². The number of rotatable bonds is 4. The molecule has 0 bridgehead atoms. The van der Waals surface area contributed by atoms with Crippen LogP contribution in [-0.4, -0.2) is 37.2 Å². The fourth-order valence-electron chi connectivity index (χ4n) is 2.30. The molecule has 1 fully saturated rings. The van der Waals surface area contributed by atoms with Crippen LogP contribution in [0.25, 0.3) is 0 Å². The number of nitrogens with zero attached hydrogens (tertiary/aromatic N) is 1. The second-order valence-electron chi connectivity index (χ2n) is 4.65. The van der Waals surface area contributed by atoms with Gasteiger partial charge in [-0.3, -0.25) is 4.79 Å². The minimum Gasteiger partial charge on any atom is -0.381 e. The summed E-state index contributed by atoms with van der Waals surface area (Å²) in [5.74, 6) is 0.428. The molecule has 2 N–H and O–H groups in total. The number of carbonyl (C=O) groups is 1. The standard InChI is InChI=1S/C13H18ClN3O2/c1-15-12-11(14)5-8(7-16-12)13(18)17-9-3-4-10(6-9)19-2/h5,7,9-10H,3-4,6H2,1-2H3,(H,15,16)(H,17,18). The summed E-state index contributed by atoms with van der Waals surface area (Å²) in [7, 11) is 3.44. The van der Waals surface area contributed by atoms with Crippen LogP contribution < -0.4 is 10.6 Å². The molecule has 6 heteroatoms. The van der Waals surface area contributed by atoms with E-state index in [0.717, 1.165) is 19.3 Å². The number of methoxy groups -OCH3 is 1. The minimum atomic E-state index is -0.140. The van der Waals surface area contributed by atoms with Gasteiger partial charge in [0.15, 0.2) is 0 Å². The average molecular weight is 284 g/mol. The molecule has 1 amide bonds. The molecule has 0 spiro atoms. The lowest BCUT2D eigenvalue weighted by Gasteiger charge is -2.13. The normalized spacial score (nSPS) is 22.3. The number of pyridine rings is 1. The maximum atomic E-state index is 12.1. The van der Waals surface area contributed by atoms with E-state index in [1.165, 1.54) is 6.20 Å². The molecule has 0 aliphatic heterocycles. The second-order valence-corrected chi connectivity index (χ2v) is 5.05. The largest absolute Gasteiger partial charge is 0.381 e. The first-order valence-electron chi connectivity index (χ1n) is 6.31. The van der Waals surface area contributed by atoms with Gasteiger partial charge in [-0.1, -0.05) is 11.6 Å². The Bertz CT molecular complexity index is 467. The third-order valence-electron chi connectivity index (χ3n) is 3.39. The minimum absolute atomic E-state index is 0.140. The topological polar surface area (TPSA) is 63.2 Å². The van der Waals surface area contributed by atoms with Gasteiger partial charge in [0.25, 0.3) is 5.91 Å². The summed E-state index contributed by atoms with van der Waals surface area (Å²) < 4.78 is 5.29. The number of hydrogen-bond donors (Lipinski definition) is 2. The molecule has 2 rings (SSSR count). The Kier molecular flexibility index (Phi) is 4.61. The highest BCUT2D eigenvalue weighted by molar-refractivity contribution is 6.33. The SMILES string of the molecule is CNc1ncc(C(=O)NC2CCC(OC)C2)cc1Cl. The molecule has 1 aliphatic carbocycles. The van der Waals surface area contributed by atoms with Crippen molar-refractivity contribution in [2.24, 2.45) is 0 Å². The summed E-state index contributed by atoms with van der Waals surface area (Å²) in [6.07, 6.45) is 4.56. The Labute approximate surface area is 117 Å². The highest BCUT2D eigenvalue weighted by atomic mass is 35.5. The fourth-order valence-corrected chi connectivity index (χ4v) is 2.56. The molecule has 2 unspecified atom stereocenters. The van der Waals surface area contributed by atoms with Crippen LogP contribution in [0.3, 0.4) is 0 Å². The van der Waals surface area contributed by atoms with Gasteiger partial charge in [0.1, 0.15) is 5.82 Å². The zero-order valence-electron chi connectivity index (χ0n) is 11.1. The van der Waals surface area contributed by atoms with Gasteiger partial charge < -0.3 is 15.4 Å². The number of hydrogen-bond acceptors (Lipinski definition) is 4. The number of amides is 1. The summed E-state index contributed by atoms with van der Waals surface area (Å²) in [4.78, 5) is 16.2. The zero-order valence-corrected chi connectivity index (χ0v) is 11.8. The molecule has 104 valence electrons. The fraction of sp³-hybridized carbons (Fsp3) is 0.538. The summed E-state index contributed by atoms with van der Waals surface area (Å²) in [5.41, 5.74) is 0.477. The summed E-state index contributed by atoms with van der Waals surface area (Å²) in [5, 5.41) is 6.28. The summed E-state index contributed by atoms with van der Waals surface area (Å²) in [6, 6.07) is 1.79. The van der Waals surface area contributed by atoms with Crippen LogP contribution in [0.5, 0.6) is 0 Å². The molecule has 1 saturated carbocycles. The Morgan fingerprint density at radius 2 is 2.32 bits per heavy atom. The molecule has 0 radical (unpaired) electrons. The lowest BCUT2D eigenvalue weighted by molar-refractivity contribution is 0.0914. The van der Waals surface area contributed by atoms with Crippen LogP contribution in [0.1, 0.15) is 29.6 Å². The molecular formula is C13H18ClN3O2. The molecule has 0 saturated heterocycles. The first-order chi connectivity index (χ1) is 9.13. The monoisotopic (exact) mass is 283 g/mol. The van der Waals surface area contributed by atoms with Crippen LogP contribution in [-0.2, 0) is 4.74 Å². The predicted octanol–water partition coefficient (Wildman–Crippen LogP) is 2.07. The Hall–Kier alpha value is -1.33. The zero-order chi connectivity index (χ0) is 13.8. The maximum Gasteiger partial charge on any atom is 0.253 e. The van der Waals surface area contributed by atoms with E-state index in [1.54, 1.807) is 20.2 Å². The molecule has 2 atom stereocenters. The van der Waals surface area contributed by atoms with E-state index >= 15 is 0 Å². The van der Waals surface area contributed by atoms with E-state index in [9.17, 15) is 4.79 Å². The van der Waals surface area contributed by atoms with Crippen molar-refractivity contribution in [1.82, 2.24) is 10.3 Å². The number of anilines is 1. The molecule has 1 aliphatic rings. The average Bonchev–Trinajstić information content (AvgIpc) is 2.86. The van der Waals surface area contributed by atoms with Crippen LogP contribution >= 0.6 is 11.6 Å². The molecule has 0 aromatic carbocycles. The highest BCUT2D eigenvalue weighted by Crippen LogP contribution is 2.23. The van der Waals surface area contributed by atoms with Crippen molar-refractivity contribution in [1.29, 1.82) is 0 Å². The van der Waals surface area contributed by atoms with E-state index in [4.69, 9.17) is 16.3 Å². The van der Waals surface area contributed by atoms with E-state index in [1.807, 2.05) is 0 Å². The molecule has 1 aromatic heterocycles. The van der Waals surface area contributed by atoms with Crippen LogP contribution in [0, 0.1) is 0 Å². The Morgan fingerprint density at radius 1 is 1.53 bits per heavy atom. The third-order valence-corrected chi connectivity index (χ3v) is 3.68. The summed E-state index contributed by atoms with van der Waals surface area (Å²) in [6.45, 7) is 0. The van der Waals surface area contributed by atoms with Gasteiger partial charge in [0, 0.05) is 26.4 Å². The van der Waals surface area contributed by atoms with Crippen molar-refractivity contribution in [3.8, 4) is 0 Å². The Morgan fingerprint density at radius 3 is 2.89 bits per heavy atom. The first-order valence-corrected chi connectivity index (χ1v) is 6.68. The molecule has 19 heavy (non-hydrogen) atoms. The smallest absolute Gasteiger partial charge is 0.253 e. The van der Waals surface area contributed by atoms with E-state index in [-0.39, 0.29) is 18.1 Å². The van der Waals surface area contributed by atoms with Crippen molar-refractivity contribution in [2.75, 3.05) is 19.5 Å². The molecule has 1 aromatic rings. The number of aromatic nitrogens is 1. The third kappa shape index (κ3) is 3.36. The molecular weight excluding hydrogens is 266 g/mol. The van der Waals surface area contributed by atoms with Gasteiger partial charge in [-0.05, 0) is 25.3 Å². The number of carbonyl (C=O) groups excluding carboxylic acids is 1. The van der Waals surface area contributed by atoms with Crippen LogP contribution in [0.2, 0.25) is 5.02 Å². The highest BCUT2D eigenvalue weighted by Gasteiger charge is 2.26. The van der Waals surface area contributed by atoms with Crippen molar-refractivity contribution in [2.45, 2.75) is 31.4 Å². The predicted molar refractivity (Wildman–Crippen MR) is 74.7 cm³/mol. The molecule has 1 heterocycles. The van der Waals surface area contributed by atoms with Gasteiger partial charge in [-0.25, -0.2) is 4.98 Å². The quantitative estimate of drug-likeness (QED) is 0.888. The van der Waals surface area contributed by atoms with E-state index < -0.39 is 0 Å². The first kappa shape index (κ1) is 14.1. The van der Waals surface area contributed by atoms with Crippen molar-refractivity contribution < 1.29 is 9.53 Å². The second kappa shape index (κ2) is 6.21. The van der Waals surface area contributed by atoms with Crippen molar-refractivity contribution >= 4 is 23.3 Å². The van der Waals surface area contributed by atoms with Crippen LogP contribution in [0.15, 0.2) is 12.3 Å². The lowest BCUT2D eigenvalue weighted by Crippen LogP contribution is -2.33. The Balaban J connectivity index is 1.98. The van der Waals surface area contributed by atoms with Crippen molar-refractivity contribution in [3.63, 3.8) is 0 Å².